The predicted octanol–water partition coefficient (Wildman–Crippen LogP) is 2.86. The molecule has 1 N–H and O–H groups in total. The van der Waals surface area contributed by atoms with Gasteiger partial charge in [-0.2, -0.15) is 0 Å². The molecule has 2 unspecified atom stereocenters. The number of hydrogen-bond donors (Lipinski definition) is 1. The third-order valence-corrected chi connectivity index (χ3v) is 4.15. The third-order valence-electron chi connectivity index (χ3n) is 4.15. The van der Waals surface area contributed by atoms with Crippen LogP contribution in [0.4, 0.5) is 4.39 Å². The quantitative estimate of drug-likeness (QED) is 0.821. The molecule has 0 bridgehead atoms. The average molecular weight is 219 g/mol. The van der Waals surface area contributed by atoms with Gasteiger partial charge < -0.3 is 5.32 Å². The van der Waals surface area contributed by atoms with E-state index in [1.807, 2.05) is 12.1 Å². The Morgan fingerprint density at radius 3 is 2.62 bits per heavy atom. The number of nitrogens with one attached hydrogen (secondary N) is 1. The van der Waals surface area contributed by atoms with Gasteiger partial charge in [0.1, 0.15) is 5.82 Å². The zero-order valence-corrected chi connectivity index (χ0v) is 9.67. The first-order valence-electron chi connectivity index (χ1n) is 6.18. The summed E-state index contributed by atoms with van der Waals surface area (Å²) in [7, 11) is 0. The van der Waals surface area contributed by atoms with Gasteiger partial charge in [-0.3, -0.25) is 0 Å². The Kier molecular flexibility index (Phi) is 2.28. The van der Waals surface area contributed by atoms with Gasteiger partial charge in [-0.1, -0.05) is 19.1 Å². The summed E-state index contributed by atoms with van der Waals surface area (Å²) in [5, 5.41) is 3.58. The van der Waals surface area contributed by atoms with Gasteiger partial charge in [0.2, 0.25) is 0 Å². The minimum absolute atomic E-state index is 0.138. The summed E-state index contributed by atoms with van der Waals surface area (Å²) in [6.45, 7) is 3.41. The van der Waals surface area contributed by atoms with Gasteiger partial charge in [-0.15, -0.1) is 0 Å². The predicted molar refractivity (Wildman–Crippen MR) is 62.9 cm³/mol. The van der Waals surface area contributed by atoms with Crippen molar-refractivity contribution < 1.29 is 4.39 Å². The number of benzene rings is 1. The van der Waals surface area contributed by atoms with Crippen molar-refractivity contribution in [2.45, 2.75) is 37.6 Å². The van der Waals surface area contributed by atoms with E-state index < -0.39 is 0 Å². The summed E-state index contributed by atoms with van der Waals surface area (Å²) >= 11 is 0. The lowest BCUT2D eigenvalue weighted by atomic mass is 9.95. The van der Waals surface area contributed by atoms with E-state index in [4.69, 9.17) is 0 Å². The maximum atomic E-state index is 12.8. The smallest absolute Gasteiger partial charge is 0.123 e. The monoisotopic (exact) mass is 219 g/mol. The standard InChI is InChI=1S/C14H18FN/c1-14(10-2-4-12(15)5-3-10)8-11(14)9-16-13-6-7-13/h2-5,11,13,16H,6-9H2,1H3. The fourth-order valence-electron chi connectivity index (χ4n) is 2.53. The molecular weight excluding hydrogens is 201 g/mol. The Bertz CT molecular complexity index is 382. The molecule has 1 nitrogen and oxygen atoms in total. The molecule has 0 heterocycles. The van der Waals surface area contributed by atoms with Crippen molar-refractivity contribution in [2.24, 2.45) is 5.92 Å². The highest BCUT2D eigenvalue weighted by atomic mass is 19.1. The van der Waals surface area contributed by atoms with Crippen molar-refractivity contribution in [2.75, 3.05) is 6.54 Å². The van der Waals surface area contributed by atoms with E-state index in [0.717, 1.165) is 18.5 Å². The zero-order chi connectivity index (χ0) is 11.2. The normalized spacial score (nSPS) is 32.8. The van der Waals surface area contributed by atoms with Crippen LogP contribution in [-0.2, 0) is 5.41 Å². The molecule has 2 saturated carbocycles. The molecule has 0 aromatic heterocycles. The van der Waals surface area contributed by atoms with Crippen LogP contribution in [0.5, 0.6) is 0 Å². The van der Waals surface area contributed by atoms with Crippen LogP contribution in [0.1, 0.15) is 31.7 Å². The van der Waals surface area contributed by atoms with E-state index in [2.05, 4.69) is 12.2 Å². The van der Waals surface area contributed by atoms with Crippen LogP contribution in [0.2, 0.25) is 0 Å². The maximum Gasteiger partial charge on any atom is 0.123 e. The van der Waals surface area contributed by atoms with Gasteiger partial charge in [0.05, 0.1) is 0 Å². The summed E-state index contributed by atoms with van der Waals surface area (Å²) < 4.78 is 12.8. The fraction of sp³-hybridized carbons (Fsp3) is 0.571. The Hall–Kier alpha value is -0.890. The Morgan fingerprint density at radius 1 is 1.31 bits per heavy atom. The number of rotatable bonds is 4. The Labute approximate surface area is 96.1 Å². The van der Waals surface area contributed by atoms with Crippen LogP contribution in [0.15, 0.2) is 24.3 Å². The van der Waals surface area contributed by atoms with Crippen LogP contribution in [0.3, 0.4) is 0 Å². The van der Waals surface area contributed by atoms with Crippen LogP contribution < -0.4 is 5.32 Å². The second-order valence-electron chi connectivity index (χ2n) is 5.51. The van der Waals surface area contributed by atoms with E-state index in [9.17, 15) is 4.39 Å². The van der Waals surface area contributed by atoms with Gasteiger partial charge in [0, 0.05) is 6.04 Å². The van der Waals surface area contributed by atoms with Gasteiger partial charge in [-0.05, 0) is 54.8 Å². The van der Waals surface area contributed by atoms with Crippen molar-refractivity contribution in [1.82, 2.24) is 5.32 Å². The number of halogens is 1. The lowest BCUT2D eigenvalue weighted by Crippen LogP contribution is -2.22. The van der Waals surface area contributed by atoms with E-state index in [1.54, 1.807) is 12.1 Å². The molecule has 1 aromatic rings. The molecule has 86 valence electrons. The van der Waals surface area contributed by atoms with Crippen molar-refractivity contribution in [3.8, 4) is 0 Å². The summed E-state index contributed by atoms with van der Waals surface area (Å²) in [6.07, 6.45) is 3.93. The van der Waals surface area contributed by atoms with Crippen molar-refractivity contribution >= 4 is 0 Å². The molecule has 0 radical (unpaired) electrons. The summed E-state index contributed by atoms with van der Waals surface area (Å²) in [5.74, 6) is 0.596. The lowest BCUT2D eigenvalue weighted by molar-refractivity contribution is 0.573. The molecule has 0 saturated heterocycles. The van der Waals surface area contributed by atoms with Gasteiger partial charge >= 0.3 is 0 Å². The van der Waals surface area contributed by atoms with Crippen LogP contribution in [-0.4, -0.2) is 12.6 Å². The molecular formula is C14H18FN. The molecule has 2 aliphatic carbocycles. The molecule has 2 aliphatic rings. The highest BCUT2D eigenvalue weighted by Gasteiger charge is 2.50. The topological polar surface area (TPSA) is 12.0 Å². The van der Waals surface area contributed by atoms with E-state index in [0.29, 0.717) is 0 Å². The van der Waals surface area contributed by atoms with Crippen molar-refractivity contribution in [3.05, 3.63) is 35.6 Å². The minimum Gasteiger partial charge on any atom is -0.314 e. The van der Waals surface area contributed by atoms with E-state index in [-0.39, 0.29) is 11.2 Å². The van der Waals surface area contributed by atoms with E-state index >= 15 is 0 Å². The summed E-state index contributed by atoms with van der Waals surface area (Å²) in [5.41, 5.74) is 1.58. The van der Waals surface area contributed by atoms with E-state index in [1.165, 1.54) is 24.8 Å². The minimum atomic E-state index is -0.138. The summed E-state index contributed by atoms with van der Waals surface area (Å²) in [6, 6.07) is 7.81. The molecule has 16 heavy (non-hydrogen) atoms. The second-order valence-corrected chi connectivity index (χ2v) is 5.51. The largest absolute Gasteiger partial charge is 0.314 e. The van der Waals surface area contributed by atoms with Crippen molar-refractivity contribution in [1.29, 1.82) is 0 Å². The van der Waals surface area contributed by atoms with Crippen LogP contribution in [0.25, 0.3) is 0 Å². The van der Waals surface area contributed by atoms with Gasteiger partial charge in [-0.25, -0.2) is 4.39 Å². The molecule has 2 atom stereocenters. The zero-order valence-electron chi connectivity index (χ0n) is 9.67. The highest BCUT2D eigenvalue weighted by molar-refractivity contribution is 5.32. The molecule has 2 heteroatoms. The first-order chi connectivity index (χ1) is 7.68. The third kappa shape index (κ3) is 1.86. The number of hydrogen-bond acceptors (Lipinski definition) is 1. The molecule has 3 rings (SSSR count). The lowest BCUT2D eigenvalue weighted by Gasteiger charge is -2.12. The Balaban J connectivity index is 1.63. The average Bonchev–Trinajstić information content (AvgIpc) is 3.14. The maximum absolute atomic E-state index is 12.8. The molecule has 0 aliphatic heterocycles. The molecule has 0 amide bonds. The van der Waals surface area contributed by atoms with Crippen LogP contribution >= 0.6 is 0 Å². The van der Waals surface area contributed by atoms with Gasteiger partial charge in [0.15, 0.2) is 0 Å². The fourth-order valence-corrected chi connectivity index (χ4v) is 2.53. The molecule has 1 aromatic carbocycles. The Morgan fingerprint density at radius 2 is 2.00 bits per heavy atom. The van der Waals surface area contributed by atoms with Crippen molar-refractivity contribution in [3.63, 3.8) is 0 Å². The molecule has 0 spiro atoms. The first-order valence-corrected chi connectivity index (χ1v) is 6.18. The second kappa shape index (κ2) is 3.56. The summed E-state index contributed by atoms with van der Waals surface area (Å²) in [4.78, 5) is 0. The highest BCUT2D eigenvalue weighted by Crippen LogP contribution is 2.53. The van der Waals surface area contributed by atoms with Crippen LogP contribution in [0, 0.1) is 11.7 Å². The molecule has 2 fully saturated rings. The first kappa shape index (κ1) is 10.3. The SMILES string of the molecule is CC1(c2ccc(F)cc2)CC1CNC1CC1. The van der Waals surface area contributed by atoms with Gasteiger partial charge in [0.25, 0.3) is 0 Å².